The number of carbonyl (C=O) groups excluding carboxylic acids is 2. The summed E-state index contributed by atoms with van der Waals surface area (Å²) in [4.78, 5) is 26.5. The third-order valence-corrected chi connectivity index (χ3v) is 4.98. The number of carbonyl (C=O) groups is 2. The normalized spacial score (nSPS) is 30.9. The largest absolute Gasteiger partial charge is 0.381 e. The summed E-state index contributed by atoms with van der Waals surface area (Å²) in [6, 6.07) is -0.0624. The molecule has 3 rings (SSSR count). The van der Waals surface area contributed by atoms with Crippen molar-refractivity contribution in [1.29, 1.82) is 0 Å². The van der Waals surface area contributed by atoms with Crippen molar-refractivity contribution in [3.05, 3.63) is 0 Å². The second-order valence-corrected chi connectivity index (χ2v) is 6.35. The van der Waals surface area contributed by atoms with Gasteiger partial charge in [0.1, 0.15) is 6.04 Å². The lowest BCUT2D eigenvalue weighted by atomic mass is 9.91. The molecule has 2 amide bonds. The van der Waals surface area contributed by atoms with E-state index in [1.807, 2.05) is 4.90 Å². The van der Waals surface area contributed by atoms with Crippen LogP contribution in [0.1, 0.15) is 39.0 Å². The molecule has 20 heavy (non-hydrogen) atoms. The first-order valence-corrected chi connectivity index (χ1v) is 7.84. The third-order valence-electron chi connectivity index (χ3n) is 4.98. The van der Waals surface area contributed by atoms with Gasteiger partial charge in [0.05, 0.1) is 0 Å². The van der Waals surface area contributed by atoms with Gasteiger partial charge in [0, 0.05) is 32.2 Å². The van der Waals surface area contributed by atoms with Crippen molar-refractivity contribution in [2.75, 3.05) is 19.8 Å². The molecule has 0 aromatic heterocycles. The van der Waals surface area contributed by atoms with Gasteiger partial charge in [-0.1, -0.05) is 0 Å². The number of hydrogen-bond acceptors (Lipinski definition) is 3. The van der Waals surface area contributed by atoms with Crippen LogP contribution in [0.4, 0.5) is 0 Å². The first-order valence-electron chi connectivity index (χ1n) is 7.84. The van der Waals surface area contributed by atoms with Gasteiger partial charge in [0.25, 0.3) is 0 Å². The molecule has 0 aromatic rings. The van der Waals surface area contributed by atoms with Crippen molar-refractivity contribution < 1.29 is 14.3 Å². The van der Waals surface area contributed by atoms with Crippen LogP contribution in [0.3, 0.4) is 0 Å². The van der Waals surface area contributed by atoms with Crippen LogP contribution in [0.2, 0.25) is 0 Å². The maximum Gasteiger partial charge on any atom is 0.245 e. The van der Waals surface area contributed by atoms with E-state index >= 15 is 0 Å². The molecule has 3 aliphatic rings. The molecule has 0 bridgehead atoms. The second-order valence-electron chi connectivity index (χ2n) is 6.35. The Morgan fingerprint density at radius 2 is 1.90 bits per heavy atom. The van der Waals surface area contributed by atoms with E-state index in [-0.39, 0.29) is 23.9 Å². The summed E-state index contributed by atoms with van der Waals surface area (Å²) in [7, 11) is 0. The minimum atomic E-state index is -0.271. The van der Waals surface area contributed by atoms with Crippen LogP contribution < -0.4 is 5.32 Å². The molecule has 5 nitrogen and oxygen atoms in total. The van der Waals surface area contributed by atoms with Gasteiger partial charge in [0.2, 0.25) is 11.8 Å². The maximum atomic E-state index is 12.7. The summed E-state index contributed by atoms with van der Waals surface area (Å²) in [5, 5.41) is 2.92. The van der Waals surface area contributed by atoms with Gasteiger partial charge in [-0.3, -0.25) is 9.59 Å². The van der Waals surface area contributed by atoms with Crippen molar-refractivity contribution in [1.82, 2.24) is 10.2 Å². The number of nitrogens with zero attached hydrogens (tertiary/aromatic N) is 1. The topological polar surface area (TPSA) is 58.6 Å². The molecule has 112 valence electrons. The smallest absolute Gasteiger partial charge is 0.245 e. The molecule has 1 saturated carbocycles. The minimum Gasteiger partial charge on any atom is -0.381 e. The zero-order chi connectivity index (χ0) is 14.1. The first kappa shape index (κ1) is 13.9. The highest BCUT2D eigenvalue weighted by Gasteiger charge is 2.42. The number of amides is 2. The lowest BCUT2D eigenvalue weighted by Crippen LogP contribution is -2.51. The number of hydrogen-bond donors (Lipinski definition) is 1. The zero-order valence-corrected chi connectivity index (χ0v) is 12.1. The Hall–Kier alpha value is -1.10. The fourth-order valence-corrected chi connectivity index (χ4v) is 3.42. The standard InChI is InChI=1S/C15H24N2O3/c1-10(11-5-8-20-9-6-11)17-7-4-13(18)16-14(15(17)19)12-2-3-12/h10-12,14H,2-9H2,1H3,(H,16,18). The highest BCUT2D eigenvalue weighted by atomic mass is 16.5. The van der Waals surface area contributed by atoms with Gasteiger partial charge < -0.3 is 15.0 Å². The fraction of sp³-hybridized carbons (Fsp3) is 0.867. The SMILES string of the molecule is CC(C1CCOCC1)N1CCC(=O)NC(C2CC2)C1=O. The molecule has 2 saturated heterocycles. The van der Waals surface area contributed by atoms with Gasteiger partial charge in [-0.15, -0.1) is 0 Å². The third kappa shape index (κ3) is 2.82. The lowest BCUT2D eigenvalue weighted by molar-refractivity contribution is -0.137. The number of ether oxygens (including phenoxy) is 1. The van der Waals surface area contributed by atoms with E-state index in [9.17, 15) is 9.59 Å². The number of rotatable bonds is 3. The molecule has 2 aliphatic heterocycles. The summed E-state index contributed by atoms with van der Waals surface area (Å²) < 4.78 is 5.41. The highest BCUT2D eigenvalue weighted by Crippen LogP contribution is 2.35. The van der Waals surface area contributed by atoms with Crippen molar-refractivity contribution in [3.8, 4) is 0 Å². The van der Waals surface area contributed by atoms with E-state index in [0.29, 0.717) is 24.8 Å². The summed E-state index contributed by atoms with van der Waals surface area (Å²) in [6.45, 7) is 4.28. The Morgan fingerprint density at radius 1 is 1.20 bits per heavy atom. The molecule has 2 atom stereocenters. The van der Waals surface area contributed by atoms with Crippen LogP contribution in [0, 0.1) is 11.8 Å². The van der Waals surface area contributed by atoms with Gasteiger partial charge in [0.15, 0.2) is 0 Å². The van der Waals surface area contributed by atoms with Crippen LogP contribution >= 0.6 is 0 Å². The summed E-state index contributed by atoms with van der Waals surface area (Å²) in [5.74, 6) is 1.03. The number of nitrogens with one attached hydrogen (secondary N) is 1. The fourth-order valence-electron chi connectivity index (χ4n) is 3.42. The van der Waals surface area contributed by atoms with Crippen molar-refractivity contribution >= 4 is 11.8 Å². The first-order chi connectivity index (χ1) is 9.66. The van der Waals surface area contributed by atoms with Crippen molar-refractivity contribution in [2.45, 2.75) is 51.1 Å². The quantitative estimate of drug-likeness (QED) is 0.836. The Labute approximate surface area is 120 Å². The van der Waals surface area contributed by atoms with E-state index < -0.39 is 0 Å². The van der Waals surface area contributed by atoms with E-state index in [0.717, 1.165) is 38.9 Å². The monoisotopic (exact) mass is 280 g/mol. The molecule has 1 aliphatic carbocycles. The van der Waals surface area contributed by atoms with Gasteiger partial charge in [-0.25, -0.2) is 0 Å². The van der Waals surface area contributed by atoms with Crippen molar-refractivity contribution in [2.24, 2.45) is 11.8 Å². The van der Waals surface area contributed by atoms with Crippen LogP contribution in [0.5, 0.6) is 0 Å². The molecule has 5 heteroatoms. The van der Waals surface area contributed by atoms with Crippen LogP contribution in [0.15, 0.2) is 0 Å². The molecular weight excluding hydrogens is 256 g/mol. The Morgan fingerprint density at radius 3 is 2.55 bits per heavy atom. The molecule has 0 radical (unpaired) electrons. The molecule has 2 heterocycles. The van der Waals surface area contributed by atoms with E-state index in [1.54, 1.807) is 0 Å². The lowest BCUT2D eigenvalue weighted by Gasteiger charge is -2.37. The molecule has 2 unspecified atom stereocenters. The minimum absolute atomic E-state index is 0.0249. The van der Waals surface area contributed by atoms with Crippen LogP contribution in [-0.2, 0) is 14.3 Å². The molecule has 0 spiro atoms. The molecule has 3 fully saturated rings. The predicted molar refractivity (Wildman–Crippen MR) is 74.0 cm³/mol. The summed E-state index contributed by atoms with van der Waals surface area (Å²) in [6.07, 6.45) is 4.59. The second kappa shape index (κ2) is 5.72. The summed E-state index contributed by atoms with van der Waals surface area (Å²) >= 11 is 0. The highest BCUT2D eigenvalue weighted by molar-refractivity contribution is 5.90. The van der Waals surface area contributed by atoms with Crippen molar-refractivity contribution in [3.63, 3.8) is 0 Å². The molecule has 1 N–H and O–H groups in total. The average Bonchev–Trinajstić information content (AvgIpc) is 3.29. The molecular formula is C15H24N2O3. The Kier molecular flexibility index (Phi) is 3.96. The van der Waals surface area contributed by atoms with E-state index in [1.165, 1.54) is 0 Å². The molecule has 0 aromatic carbocycles. The Bertz CT molecular complexity index is 389. The van der Waals surface area contributed by atoms with Crippen LogP contribution in [-0.4, -0.2) is 48.6 Å². The van der Waals surface area contributed by atoms with E-state index in [4.69, 9.17) is 4.74 Å². The summed E-state index contributed by atoms with van der Waals surface area (Å²) in [5.41, 5.74) is 0. The van der Waals surface area contributed by atoms with Gasteiger partial charge in [-0.05, 0) is 44.4 Å². The Balaban J connectivity index is 1.72. The van der Waals surface area contributed by atoms with E-state index in [2.05, 4.69) is 12.2 Å². The maximum absolute atomic E-state index is 12.7. The zero-order valence-electron chi connectivity index (χ0n) is 12.1. The predicted octanol–water partition coefficient (Wildman–Crippen LogP) is 0.929. The average molecular weight is 280 g/mol. The van der Waals surface area contributed by atoms with Crippen LogP contribution in [0.25, 0.3) is 0 Å². The van der Waals surface area contributed by atoms with Gasteiger partial charge >= 0.3 is 0 Å². The van der Waals surface area contributed by atoms with Gasteiger partial charge in [-0.2, -0.15) is 0 Å².